The first-order valence-electron chi connectivity index (χ1n) is 19.9. The Bertz CT molecular complexity index is 1460. The van der Waals surface area contributed by atoms with Crippen LogP contribution in [0.5, 0.6) is 5.75 Å². The molecule has 1 aromatic rings. The minimum absolute atomic E-state index is 0.0877. The highest BCUT2D eigenvalue weighted by molar-refractivity contribution is 9.28. The molecule has 0 amide bonds. The van der Waals surface area contributed by atoms with Crippen molar-refractivity contribution in [3.05, 3.63) is 63.6 Å². The summed E-state index contributed by atoms with van der Waals surface area (Å²) in [6.45, 7) is 9.69. The van der Waals surface area contributed by atoms with Gasteiger partial charge in [-0.05, 0) is 115 Å². The number of hydrogen-bond donors (Lipinski definition) is 0. The van der Waals surface area contributed by atoms with Gasteiger partial charge in [0.05, 0.1) is 48.6 Å². The van der Waals surface area contributed by atoms with E-state index in [1.54, 1.807) is 54.4 Å². The zero-order valence-corrected chi connectivity index (χ0v) is 39.5. The van der Waals surface area contributed by atoms with Gasteiger partial charge in [-0.3, -0.25) is 14.2 Å². The summed E-state index contributed by atoms with van der Waals surface area (Å²) in [4.78, 5) is 26.2. The molecule has 330 valence electrons. The summed E-state index contributed by atoms with van der Waals surface area (Å²) in [5.41, 5.74) is 0.942. The van der Waals surface area contributed by atoms with Crippen molar-refractivity contribution in [3.8, 4) is 5.75 Å². The number of rotatable bonds is 29. The number of ketones is 1. The van der Waals surface area contributed by atoms with Crippen LogP contribution in [0.25, 0.3) is 0 Å². The molecule has 1 fully saturated rings. The summed E-state index contributed by atoms with van der Waals surface area (Å²) in [7, 11) is 2.86. The molecule has 0 aromatic heterocycles. The van der Waals surface area contributed by atoms with Crippen molar-refractivity contribution in [1.82, 2.24) is 0 Å². The van der Waals surface area contributed by atoms with Crippen LogP contribution in [0, 0.1) is 5.92 Å². The lowest BCUT2D eigenvalue weighted by molar-refractivity contribution is -0.314. The molecule has 58 heavy (non-hydrogen) atoms. The Kier molecular flexibility index (Phi) is 25.9. The second-order valence-electron chi connectivity index (χ2n) is 13.8. The van der Waals surface area contributed by atoms with E-state index in [4.69, 9.17) is 46.9 Å². The smallest absolute Gasteiger partial charge is 0.341 e. The molecule has 1 aliphatic rings. The predicted molar refractivity (Wildman–Crippen MR) is 231 cm³/mol. The van der Waals surface area contributed by atoms with Crippen molar-refractivity contribution >= 4 is 51.2 Å². The molecule has 16 heteroatoms. The standard InChI is InChI=1S/C42H65Br2O13P/c1-10-32(56-38(46)28-58(47,53-11-2)54-12-3)18-16-20-36(52-27-31-21-23-33(48-6)24-22-31)29(4)35(45)19-15-13-14-17-34(25-26-37(43)44)57-42-41(51-9)40(50-8)39(49-7)30(5)55-42/h13-15,19,21-24,26,29-30,32,34,36,39-42H,10-12,16-18,20,25,27-28H2,1-9H3/b14-13+,19-15+/t29-,30?,32-,34-,36-,39?,40?,41?,42?/m0/s1. The van der Waals surface area contributed by atoms with Gasteiger partial charge in [0, 0.05) is 27.2 Å². The summed E-state index contributed by atoms with van der Waals surface area (Å²) >= 11 is 6.86. The van der Waals surface area contributed by atoms with Gasteiger partial charge in [-0.1, -0.05) is 50.3 Å². The first-order valence-corrected chi connectivity index (χ1v) is 23.2. The Labute approximate surface area is 362 Å². The quantitative estimate of drug-likeness (QED) is 0.0326. The summed E-state index contributed by atoms with van der Waals surface area (Å²) in [6.07, 6.45) is 8.65. The number of carbonyl (C=O) groups excluding carboxylic acids is 2. The zero-order valence-electron chi connectivity index (χ0n) is 35.5. The third kappa shape index (κ3) is 18.5. The average molecular weight is 969 g/mol. The van der Waals surface area contributed by atoms with Crippen LogP contribution in [0.2, 0.25) is 0 Å². The van der Waals surface area contributed by atoms with Crippen LogP contribution in [-0.4, -0.2) is 109 Å². The minimum Gasteiger partial charge on any atom is -0.497 e. The normalized spacial score (nSPS) is 22.1. The number of allylic oxidation sites excluding steroid dienone is 3. The van der Waals surface area contributed by atoms with E-state index in [0.717, 1.165) is 14.7 Å². The Morgan fingerprint density at radius 1 is 0.879 bits per heavy atom. The Morgan fingerprint density at radius 3 is 2.10 bits per heavy atom. The second kappa shape index (κ2) is 28.7. The van der Waals surface area contributed by atoms with Crippen LogP contribution >= 0.6 is 39.5 Å². The van der Waals surface area contributed by atoms with Crippen LogP contribution < -0.4 is 4.74 Å². The molecular formula is C42H65Br2O13P. The van der Waals surface area contributed by atoms with Gasteiger partial charge < -0.3 is 46.9 Å². The lowest BCUT2D eigenvalue weighted by Gasteiger charge is -2.44. The molecule has 1 heterocycles. The third-order valence-corrected chi connectivity index (χ3v) is 12.3. The highest BCUT2D eigenvalue weighted by Crippen LogP contribution is 2.48. The fourth-order valence-electron chi connectivity index (χ4n) is 6.53. The highest BCUT2D eigenvalue weighted by atomic mass is 79.9. The minimum atomic E-state index is -3.58. The molecule has 0 N–H and O–H groups in total. The van der Waals surface area contributed by atoms with E-state index in [1.165, 1.54) is 0 Å². The molecular weight excluding hydrogens is 903 g/mol. The first kappa shape index (κ1) is 52.4. The lowest BCUT2D eigenvalue weighted by atomic mass is 9.94. The van der Waals surface area contributed by atoms with Crippen molar-refractivity contribution in [3.63, 3.8) is 0 Å². The number of ether oxygens (including phenoxy) is 8. The van der Waals surface area contributed by atoms with Gasteiger partial charge in [0.2, 0.25) is 0 Å². The predicted octanol–water partition coefficient (Wildman–Crippen LogP) is 9.24. The number of methoxy groups -OCH3 is 4. The molecule has 0 aliphatic carbocycles. The van der Waals surface area contributed by atoms with E-state index in [9.17, 15) is 14.2 Å². The van der Waals surface area contributed by atoms with E-state index in [0.29, 0.717) is 45.1 Å². The van der Waals surface area contributed by atoms with Gasteiger partial charge in [-0.15, -0.1) is 0 Å². The van der Waals surface area contributed by atoms with Gasteiger partial charge in [0.25, 0.3) is 0 Å². The van der Waals surface area contributed by atoms with Gasteiger partial charge in [-0.2, -0.15) is 0 Å². The van der Waals surface area contributed by atoms with Crippen LogP contribution in [0.15, 0.2) is 58.0 Å². The van der Waals surface area contributed by atoms with E-state index in [-0.39, 0.29) is 43.4 Å². The molecule has 0 saturated carbocycles. The number of benzene rings is 1. The van der Waals surface area contributed by atoms with Crippen molar-refractivity contribution in [2.45, 2.75) is 129 Å². The van der Waals surface area contributed by atoms with Crippen molar-refractivity contribution in [2.24, 2.45) is 5.92 Å². The molecule has 0 bridgehead atoms. The van der Waals surface area contributed by atoms with E-state index in [1.807, 2.05) is 63.3 Å². The maximum atomic E-state index is 13.5. The summed E-state index contributed by atoms with van der Waals surface area (Å²) < 4.78 is 71.3. The summed E-state index contributed by atoms with van der Waals surface area (Å²) in [6, 6.07) is 7.58. The van der Waals surface area contributed by atoms with Crippen LogP contribution in [0.1, 0.15) is 78.7 Å². The van der Waals surface area contributed by atoms with E-state index >= 15 is 0 Å². The number of hydrogen-bond acceptors (Lipinski definition) is 13. The number of esters is 1. The van der Waals surface area contributed by atoms with E-state index in [2.05, 4.69) is 31.9 Å². The van der Waals surface area contributed by atoms with Gasteiger partial charge >= 0.3 is 13.6 Å². The highest BCUT2D eigenvalue weighted by Gasteiger charge is 2.46. The maximum absolute atomic E-state index is 13.5. The zero-order chi connectivity index (χ0) is 43.1. The number of halogens is 2. The molecule has 1 aliphatic heterocycles. The molecule has 13 nitrogen and oxygen atoms in total. The molecule has 2 rings (SSSR count). The molecule has 0 spiro atoms. The third-order valence-electron chi connectivity index (χ3n) is 9.68. The van der Waals surface area contributed by atoms with E-state index < -0.39 is 50.2 Å². The molecule has 1 saturated heterocycles. The fraction of sp³-hybridized carbons (Fsp3) is 0.667. The van der Waals surface area contributed by atoms with Gasteiger partial charge in [-0.25, -0.2) is 0 Å². The van der Waals surface area contributed by atoms with Crippen molar-refractivity contribution in [2.75, 3.05) is 47.8 Å². The Balaban J connectivity index is 2.12. The lowest BCUT2D eigenvalue weighted by Crippen LogP contribution is -2.59. The Morgan fingerprint density at radius 2 is 1.53 bits per heavy atom. The van der Waals surface area contributed by atoms with Gasteiger partial charge in [0.15, 0.2) is 12.1 Å². The Hall–Kier alpha value is -1.75. The monoisotopic (exact) mass is 966 g/mol. The van der Waals surface area contributed by atoms with Crippen LogP contribution in [0.3, 0.4) is 0 Å². The fourth-order valence-corrected chi connectivity index (χ4v) is 8.34. The average Bonchev–Trinajstić information content (AvgIpc) is 3.19. The van der Waals surface area contributed by atoms with Crippen LogP contribution in [0.4, 0.5) is 0 Å². The van der Waals surface area contributed by atoms with Crippen molar-refractivity contribution < 1.29 is 61.1 Å². The largest absolute Gasteiger partial charge is 0.497 e. The molecule has 1 aromatic carbocycles. The van der Waals surface area contributed by atoms with Crippen molar-refractivity contribution in [1.29, 1.82) is 0 Å². The first-order chi connectivity index (χ1) is 27.8. The topological polar surface area (TPSA) is 144 Å². The summed E-state index contributed by atoms with van der Waals surface area (Å²) in [5, 5.41) is 0. The second-order valence-corrected chi connectivity index (χ2v) is 18.6. The van der Waals surface area contributed by atoms with Crippen LogP contribution in [-0.2, 0) is 63.0 Å². The summed E-state index contributed by atoms with van der Waals surface area (Å²) in [5.74, 6) is -0.447. The molecule has 0 radical (unpaired) electrons. The molecule has 9 atom stereocenters. The number of carbonyl (C=O) groups is 2. The SMILES string of the molecule is CCOP(=O)(CC(=O)O[C@@H](CC)CCC[C@H](OCc1ccc(OC)cc1)[C@@H](C)C(=O)/C=C/C=C/C[C@@H](CC=C(Br)Br)OC1OC(C)C(OC)C(OC)C1OC)OCC. The maximum Gasteiger partial charge on any atom is 0.341 e. The van der Waals surface area contributed by atoms with Gasteiger partial charge in [0.1, 0.15) is 36.3 Å². The molecule has 5 unspecified atom stereocenters.